The first-order valence-electron chi connectivity index (χ1n) is 7.05. The van der Waals surface area contributed by atoms with E-state index in [1.165, 1.54) is 12.1 Å². The van der Waals surface area contributed by atoms with Crippen LogP contribution in [0, 0.1) is 15.5 Å². The number of nitro benzene ring substituents is 1. The second kappa shape index (κ2) is 5.81. The molecule has 1 aliphatic rings. The third-order valence-corrected chi connectivity index (χ3v) is 3.60. The van der Waals surface area contributed by atoms with Crippen LogP contribution in [0.2, 0.25) is 0 Å². The van der Waals surface area contributed by atoms with Gasteiger partial charge in [0.05, 0.1) is 11.5 Å². The van der Waals surface area contributed by atoms with Crippen molar-refractivity contribution < 1.29 is 9.72 Å². The molecular formula is C15H21N3O3. The summed E-state index contributed by atoms with van der Waals surface area (Å²) in [4.78, 5) is 24.1. The summed E-state index contributed by atoms with van der Waals surface area (Å²) in [6.45, 7) is 7.41. The lowest BCUT2D eigenvalue weighted by atomic mass is 9.92. The van der Waals surface area contributed by atoms with Gasteiger partial charge < -0.3 is 4.90 Å². The summed E-state index contributed by atoms with van der Waals surface area (Å²) in [5, 5.41) is 13.9. The number of nitrogens with one attached hydrogen (secondary N) is 1. The van der Waals surface area contributed by atoms with E-state index in [1.54, 1.807) is 12.1 Å². The van der Waals surface area contributed by atoms with E-state index in [0.717, 1.165) is 12.0 Å². The van der Waals surface area contributed by atoms with Crippen molar-refractivity contribution in [3.05, 3.63) is 39.9 Å². The Bertz CT molecular complexity index is 534. The van der Waals surface area contributed by atoms with Crippen molar-refractivity contribution in [3.63, 3.8) is 0 Å². The minimum Gasteiger partial charge on any atom is -0.322 e. The molecule has 0 radical (unpaired) electrons. The number of benzene rings is 1. The van der Waals surface area contributed by atoms with Gasteiger partial charge in [0.25, 0.3) is 5.69 Å². The number of nitro groups is 1. The third-order valence-electron chi connectivity index (χ3n) is 3.60. The van der Waals surface area contributed by atoms with Crippen molar-refractivity contribution in [1.82, 2.24) is 10.2 Å². The molecule has 1 aliphatic heterocycles. The van der Waals surface area contributed by atoms with E-state index in [0.29, 0.717) is 13.1 Å². The highest BCUT2D eigenvalue weighted by molar-refractivity contribution is 5.81. The van der Waals surface area contributed by atoms with Gasteiger partial charge in [-0.05, 0) is 29.5 Å². The van der Waals surface area contributed by atoms with Crippen LogP contribution in [0.15, 0.2) is 24.3 Å². The smallest absolute Gasteiger partial charge is 0.269 e. The minimum absolute atomic E-state index is 0.0596. The van der Waals surface area contributed by atoms with Crippen LogP contribution < -0.4 is 5.32 Å². The zero-order valence-electron chi connectivity index (χ0n) is 12.6. The quantitative estimate of drug-likeness (QED) is 0.683. The first-order valence-corrected chi connectivity index (χ1v) is 7.05. The summed E-state index contributed by atoms with van der Waals surface area (Å²) in [5.74, 6) is 0.0719. The molecule has 1 saturated heterocycles. The van der Waals surface area contributed by atoms with E-state index in [4.69, 9.17) is 0 Å². The Morgan fingerprint density at radius 3 is 2.48 bits per heavy atom. The van der Waals surface area contributed by atoms with Crippen molar-refractivity contribution in [2.75, 3.05) is 13.1 Å². The fourth-order valence-electron chi connectivity index (χ4n) is 2.33. The van der Waals surface area contributed by atoms with E-state index in [9.17, 15) is 14.9 Å². The Labute approximate surface area is 124 Å². The van der Waals surface area contributed by atoms with Gasteiger partial charge in [-0.2, -0.15) is 0 Å². The van der Waals surface area contributed by atoms with Crippen LogP contribution >= 0.6 is 0 Å². The van der Waals surface area contributed by atoms with Crippen LogP contribution in [0.4, 0.5) is 5.69 Å². The van der Waals surface area contributed by atoms with Gasteiger partial charge in [-0.25, -0.2) is 0 Å². The molecule has 0 saturated carbocycles. The highest BCUT2D eigenvalue weighted by Crippen LogP contribution is 2.27. The van der Waals surface area contributed by atoms with Gasteiger partial charge in [-0.3, -0.25) is 20.2 Å². The second-order valence-electron chi connectivity index (χ2n) is 6.53. The van der Waals surface area contributed by atoms with E-state index in [-0.39, 0.29) is 23.2 Å². The number of amides is 1. The lowest BCUT2D eigenvalue weighted by Gasteiger charge is -2.28. The molecule has 21 heavy (non-hydrogen) atoms. The summed E-state index contributed by atoms with van der Waals surface area (Å²) in [6.07, 6.45) is 0.713. The summed E-state index contributed by atoms with van der Waals surface area (Å²) in [5.41, 5.74) is 1.09. The predicted molar refractivity (Wildman–Crippen MR) is 79.6 cm³/mol. The fourth-order valence-corrected chi connectivity index (χ4v) is 2.33. The molecule has 1 atom stereocenters. The number of carbonyl (C=O) groups is 1. The summed E-state index contributed by atoms with van der Waals surface area (Å²) < 4.78 is 0. The van der Waals surface area contributed by atoms with Crippen LogP contribution in [0.25, 0.3) is 0 Å². The number of non-ortho nitro benzene ring substituents is 1. The van der Waals surface area contributed by atoms with Gasteiger partial charge in [0, 0.05) is 18.7 Å². The third kappa shape index (κ3) is 3.78. The van der Waals surface area contributed by atoms with Gasteiger partial charge >= 0.3 is 0 Å². The maximum atomic E-state index is 12.0. The summed E-state index contributed by atoms with van der Waals surface area (Å²) in [7, 11) is 0. The molecule has 6 heteroatoms. The van der Waals surface area contributed by atoms with Gasteiger partial charge in [-0.15, -0.1) is 0 Å². The predicted octanol–water partition coefficient (Wildman–Crippen LogP) is 2.46. The Balaban J connectivity index is 2.13. The van der Waals surface area contributed by atoms with Gasteiger partial charge in [-0.1, -0.05) is 20.8 Å². The molecule has 1 aromatic carbocycles. The van der Waals surface area contributed by atoms with E-state index < -0.39 is 4.92 Å². The lowest BCUT2D eigenvalue weighted by molar-refractivity contribution is -0.384. The number of carbonyl (C=O) groups excluding carboxylic acids is 1. The maximum absolute atomic E-state index is 12.0. The van der Waals surface area contributed by atoms with Crippen molar-refractivity contribution in [3.8, 4) is 0 Å². The highest BCUT2D eigenvalue weighted by Gasteiger charge is 2.32. The normalized spacial score (nSPS) is 19.1. The Morgan fingerprint density at radius 2 is 1.95 bits per heavy atom. The molecule has 1 amide bonds. The minimum atomic E-state index is -0.422. The van der Waals surface area contributed by atoms with Crippen LogP contribution in [-0.4, -0.2) is 28.8 Å². The molecule has 2 rings (SSSR count). The molecule has 0 bridgehead atoms. The van der Waals surface area contributed by atoms with Crippen LogP contribution in [-0.2, 0) is 4.79 Å². The highest BCUT2D eigenvalue weighted by atomic mass is 16.6. The average molecular weight is 291 g/mol. The molecule has 6 nitrogen and oxygen atoms in total. The Hall–Kier alpha value is -1.95. The van der Waals surface area contributed by atoms with E-state index >= 15 is 0 Å². The molecule has 0 aromatic heterocycles. The van der Waals surface area contributed by atoms with Gasteiger partial charge in [0.2, 0.25) is 5.91 Å². The number of rotatable bonds is 4. The van der Waals surface area contributed by atoms with Crippen molar-refractivity contribution in [1.29, 1.82) is 0 Å². The zero-order chi connectivity index (χ0) is 15.6. The monoisotopic (exact) mass is 291 g/mol. The molecule has 0 spiro atoms. The lowest BCUT2D eigenvalue weighted by Crippen LogP contribution is -2.33. The van der Waals surface area contributed by atoms with Gasteiger partial charge in [0.1, 0.15) is 6.17 Å². The molecule has 1 N–H and O–H groups in total. The fraction of sp³-hybridized carbons (Fsp3) is 0.533. The van der Waals surface area contributed by atoms with Gasteiger partial charge in [0.15, 0.2) is 0 Å². The van der Waals surface area contributed by atoms with Crippen molar-refractivity contribution in [2.45, 2.75) is 33.4 Å². The van der Waals surface area contributed by atoms with Crippen molar-refractivity contribution in [2.24, 2.45) is 5.41 Å². The number of hydrogen-bond acceptors (Lipinski definition) is 4. The summed E-state index contributed by atoms with van der Waals surface area (Å²) in [6, 6.07) is 6.36. The number of nitrogens with zero attached hydrogens (tertiary/aromatic N) is 2. The zero-order valence-corrected chi connectivity index (χ0v) is 12.6. The molecular weight excluding hydrogens is 270 g/mol. The standard InChI is InChI=1S/C15H21N3O3/c1-15(2,3)8-9-17-13(19)10-16-14(17)11-4-6-12(7-5-11)18(20)21/h4-7,14,16H,8-10H2,1-3H3. The van der Waals surface area contributed by atoms with Crippen LogP contribution in [0.5, 0.6) is 0 Å². The molecule has 0 aliphatic carbocycles. The van der Waals surface area contributed by atoms with Crippen molar-refractivity contribution >= 4 is 11.6 Å². The first-order chi connectivity index (χ1) is 9.78. The topological polar surface area (TPSA) is 75.5 Å². The molecule has 1 heterocycles. The Morgan fingerprint density at radius 1 is 1.33 bits per heavy atom. The van der Waals surface area contributed by atoms with Crippen LogP contribution in [0.1, 0.15) is 38.9 Å². The molecule has 1 fully saturated rings. The molecule has 114 valence electrons. The van der Waals surface area contributed by atoms with Crippen LogP contribution in [0.3, 0.4) is 0 Å². The van der Waals surface area contributed by atoms with E-state index in [1.807, 2.05) is 4.90 Å². The molecule has 1 aromatic rings. The number of hydrogen-bond donors (Lipinski definition) is 1. The van der Waals surface area contributed by atoms with E-state index in [2.05, 4.69) is 26.1 Å². The SMILES string of the molecule is CC(C)(C)CCN1C(=O)CNC1c1ccc([N+](=O)[O-])cc1. The first kappa shape index (κ1) is 15.4. The Kier molecular flexibility index (Phi) is 4.27. The average Bonchev–Trinajstić information content (AvgIpc) is 2.77. The summed E-state index contributed by atoms with van der Waals surface area (Å²) >= 11 is 0. The maximum Gasteiger partial charge on any atom is 0.269 e. The molecule has 1 unspecified atom stereocenters. The second-order valence-corrected chi connectivity index (χ2v) is 6.53. The largest absolute Gasteiger partial charge is 0.322 e.